The highest BCUT2D eigenvalue weighted by Gasteiger charge is 2.09. The van der Waals surface area contributed by atoms with Crippen LogP contribution in [0.1, 0.15) is 5.82 Å². The summed E-state index contributed by atoms with van der Waals surface area (Å²) in [5.74, 6) is 1.06. The molecule has 0 spiro atoms. The van der Waals surface area contributed by atoms with Gasteiger partial charge in [0.15, 0.2) is 0 Å². The maximum Gasteiger partial charge on any atom is 0.147 e. The van der Waals surface area contributed by atoms with Crippen LogP contribution in [0.2, 0.25) is 0 Å². The lowest BCUT2D eigenvalue weighted by Crippen LogP contribution is -2.04. The van der Waals surface area contributed by atoms with Gasteiger partial charge in [0.2, 0.25) is 0 Å². The highest BCUT2D eigenvalue weighted by molar-refractivity contribution is 5.75. The molecule has 4 nitrogen and oxygen atoms in total. The Morgan fingerprint density at radius 1 is 1.25 bits per heavy atom. The second-order valence-corrected chi connectivity index (χ2v) is 4.55. The Morgan fingerprint density at radius 3 is 2.85 bits per heavy atom. The minimum atomic E-state index is -0.278. The van der Waals surface area contributed by atoms with Crippen LogP contribution in [0.4, 0.5) is 10.1 Å². The van der Waals surface area contributed by atoms with E-state index in [1.165, 1.54) is 12.1 Å². The molecule has 2 N–H and O–H groups in total. The molecule has 0 radical (unpaired) electrons. The number of nitrogens with zero attached hydrogens (tertiary/aromatic N) is 2. The number of nitrogen functional groups attached to an aromatic ring is 1. The van der Waals surface area contributed by atoms with E-state index in [0.29, 0.717) is 17.3 Å². The lowest BCUT2D eigenvalue weighted by atomic mass is 10.3. The Balaban J connectivity index is 1.88. The van der Waals surface area contributed by atoms with E-state index in [4.69, 9.17) is 10.5 Å². The molecule has 0 fully saturated rings. The van der Waals surface area contributed by atoms with Crippen LogP contribution in [-0.2, 0) is 13.7 Å². The summed E-state index contributed by atoms with van der Waals surface area (Å²) in [4.78, 5) is 4.43. The fraction of sp³-hybridized carbons (Fsp3) is 0.133. The van der Waals surface area contributed by atoms with Gasteiger partial charge in [-0.3, -0.25) is 0 Å². The Bertz CT molecular complexity index is 767. The molecular formula is C15H14FN3O. The van der Waals surface area contributed by atoms with Crippen molar-refractivity contribution in [2.75, 3.05) is 5.73 Å². The third-order valence-electron chi connectivity index (χ3n) is 3.21. The third kappa shape index (κ3) is 2.18. The summed E-state index contributed by atoms with van der Waals surface area (Å²) >= 11 is 0. The number of hydrogen-bond acceptors (Lipinski definition) is 3. The van der Waals surface area contributed by atoms with Crippen LogP contribution < -0.4 is 10.5 Å². The molecule has 0 bridgehead atoms. The third-order valence-corrected chi connectivity index (χ3v) is 3.21. The summed E-state index contributed by atoms with van der Waals surface area (Å²) in [6, 6.07) is 11.8. The van der Waals surface area contributed by atoms with Crippen molar-refractivity contribution < 1.29 is 9.13 Å². The summed E-state index contributed by atoms with van der Waals surface area (Å²) in [6.45, 7) is 0.279. The number of anilines is 1. The highest BCUT2D eigenvalue weighted by atomic mass is 19.1. The number of fused-ring (bicyclic) bond motifs is 1. The van der Waals surface area contributed by atoms with E-state index in [-0.39, 0.29) is 12.4 Å². The van der Waals surface area contributed by atoms with Gasteiger partial charge in [0.25, 0.3) is 0 Å². The number of para-hydroxylation sites is 2. The molecule has 0 aliphatic rings. The van der Waals surface area contributed by atoms with E-state index < -0.39 is 0 Å². The number of nitrogens with two attached hydrogens (primary N) is 1. The van der Waals surface area contributed by atoms with E-state index in [0.717, 1.165) is 11.0 Å². The smallest absolute Gasteiger partial charge is 0.147 e. The standard InChI is InChI=1S/C15H14FN3O/c1-19-13-8-10(16)6-7-12(13)18-15(19)9-20-14-5-3-2-4-11(14)17/h2-8H,9,17H2,1H3. The predicted octanol–water partition coefficient (Wildman–Crippen LogP) is 2.87. The van der Waals surface area contributed by atoms with Gasteiger partial charge >= 0.3 is 0 Å². The molecule has 0 atom stereocenters. The monoisotopic (exact) mass is 271 g/mol. The normalized spacial score (nSPS) is 10.9. The van der Waals surface area contributed by atoms with Crippen molar-refractivity contribution in [2.45, 2.75) is 6.61 Å². The molecule has 1 aromatic heterocycles. The molecule has 5 heteroatoms. The number of ether oxygens (including phenoxy) is 1. The number of halogens is 1. The minimum Gasteiger partial charge on any atom is -0.484 e. The molecule has 102 valence electrons. The van der Waals surface area contributed by atoms with E-state index >= 15 is 0 Å². The fourth-order valence-corrected chi connectivity index (χ4v) is 2.10. The average molecular weight is 271 g/mol. The second kappa shape index (κ2) is 4.85. The summed E-state index contributed by atoms with van der Waals surface area (Å²) in [5, 5.41) is 0. The first kappa shape index (κ1) is 12.5. The van der Waals surface area contributed by atoms with Crippen LogP contribution >= 0.6 is 0 Å². The molecule has 0 saturated heterocycles. The van der Waals surface area contributed by atoms with Gasteiger partial charge in [-0.25, -0.2) is 9.37 Å². The zero-order valence-electron chi connectivity index (χ0n) is 11.0. The number of imidazole rings is 1. The SMILES string of the molecule is Cn1c(COc2ccccc2N)nc2ccc(F)cc21. The lowest BCUT2D eigenvalue weighted by molar-refractivity contribution is 0.294. The molecule has 0 aliphatic heterocycles. The molecule has 0 saturated carbocycles. The van der Waals surface area contributed by atoms with Crippen molar-refractivity contribution in [3.8, 4) is 5.75 Å². The fourth-order valence-electron chi connectivity index (χ4n) is 2.10. The predicted molar refractivity (Wildman–Crippen MR) is 75.9 cm³/mol. The average Bonchev–Trinajstić information content (AvgIpc) is 2.75. The minimum absolute atomic E-state index is 0.278. The molecular weight excluding hydrogens is 257 g/mol. The first-order valence-corrected chi connectivity index (χ1v) is 6.23. The molecule has 1 heterocycles. The molecule has 2 aromatic carbocycles. The summed E-state index contributed by atoms with van der Waals surface area (Å²) < 4.78 is 20.7. The van der Waals surface area contributed by atoms with Crippen LogP contribution in [0.25, 0.3) is 11.0 Å². The van der Waals surface area contributed by atoms with Crippen molar-refractivity contribution in [2.24, 2.45) is 7.05 Å². The van der Waals surface area contributed by atoms with Crippen LogP contribution in [0, 0.1) is 5.82 Å². The lowest BCUT2D eigenvalue weighted by Gasteiger charge is -2.08. The maximum atomic E-state index is 13.2. The molecule has 0 amide bonds. The number of aromatic nitrogens is 2. The number of hydrogen-bond donors (Lipinski definition) is 1. The van der Waals surface area contributed by atoms with E-state index in [1.807, 2.05) is 23.7 Å². The largest absolute Gasteiger partial charge is 0.484 e. The van der Waals surface area contributed by atoms with Crippen molar-refractivity contribution in [1.29, 1.82) is 0 Å². The second-order valence-electron chi connectivity index (χ2n) is 4.55. The quantitative estimate of drug-likeness (QED) is 0.745. The van der Waals surface area contributed by atoms with Gasteiger partial charge < -0.3 is 15.0 Å². The number of rotatable bonds is 3. The maximum absolute atomic E-state index is 13.2. The topological polar surface area (TPSA) is 53.1 Å². The van der Waals surface area contributed by atoms with Crippen molar-refractivity contribution >= 4 is 16.7 Å². The van der Waals surface area contributed by atoms with Crippen molar-refractivity contribution in [3.05, 3.63) is 54.1 Å². The first-order valence-electron chi connectivity index (χ1n) is 6.23. The molecule has 3 rings (SSSR count). The van der Waals surface area contributed by atoms with Gasteiger partial charge in [-0.2, -0.15) is 0 Å². The summed E-state index contributed by atoms with van der Waals surface area (Å²) in [5.41, 5.74) is 7.88. The Labute approximate surface area is 115 Å². The Morgan fingerprint density at radius 2 is 2.05 bits per heavy atom. The van der Waals surface area contributed by atoms with E-state index in [9.17, 15) is 4.39 Å². The van der Waals surface area contributed by atoms with Crippen LogP contribution in [0.5, 0.6) is 5.75 Å². The van der Waals surface area contributed by atoms with Gasteiger partial charge in [-0.05, 0) is 30.3 Å². The number of benzene rings is 2. The Hall–Kier alpha value is -2.56. The zero-order chi connectivity index (χ0) is 14.1. The van der Waals surface area contributed by atoms with Crippen LogP contribution in [0.3, 0.4) is 0 Å². The van der Waals surface area contributed by atoms with E-state index in [1.54, 1.807) is 18.2 Å². The van der Waals surface area contributed by atoms with Gasteiger partial charge in [-0.15, -0.1) is 0 Å². The summed E-state index contributed by atoms with van der Waals surface area (Å²) in [6.07, 6.45) is 0. The van der Waals surface area contributed by atoms with Crippen molar-refractivity contribution in [1.82, 2.24) is 9.55 Å². The Kier molecular flexibility index (Phi) is 3.02. The number of aryl methyl sites for hydroxylation is 1. The zero-order valence-corrected chi connectivity index (χ0v) is 11.0. The summed E-state index contributed by atoms with van der Waals surface area (Å²) in [7, 11) is 1.84. The van der Waals surface area contributed by atoms with E-state index in [2.05, 4.69) is 4.98 Å². The van der Waals surface area contributed by atoms with Gasteiger partial charge in [0.05, 0.1) is 16.7 Å². The van der Waals surface area contributed by atoms with Crippen LogP contribution in [-0.4, -0.2) is 9.55 Å². The van der Waals surface area contributed by atoms with Gasteiger partial charge in [0.1, 0.15) is 24.0 Å². The molecule has 20 heavy (non-hydrogen) atoms. The first-order chi connectivity index (χ1) is 9.65. The molecule has 0 unspecified atom stereocenters. The molecule has 3 aromatic rings. The molecule has 0 aliphatic carbocycles. The van der Waals surface area contributed by atoms with Crippen LogP contribution in [0.15, 0.2) is 42.5 Å². The van der Waals surface area contributed by atoms with Gasteiger partial charge in [-0.1, -0.05) is 12.1 Å². The van der Waals surface area contributed by atoms with Gasteiger partial charge in [0, 0.05) is 7.05 Å². The van der Waals surface area contributed by atoms with Crippen molar-refractivity contribution in [3.63, 3.8) is 0 Å². The highest BCUT2D eigenvalue weighted by Crippen LogP contribution is 2.22.